The van der Waals surface area contributed by atoms with Crippen molar-refractivity contribution in [2.45, 2.75) is 38.8 Å². The molecule has 0 radical (unpaired) electrons. The first-order valence-electron chi connectivity index (χ1n) is 5.11. The summed E-state index contributed by atoms with van der Waals surface area (Å²) in [5.41, 5.74) is 2.61. The molecule has 1 rings (SSSR count). The lowest BCUT2D eigenvalue weighted by atomic mass is 10.2. The molecule has 14 heavy (non-hydrogen) atoms. The van der Waals surface area contributed by atoms with E-state index >= 15 is 0 Å². The van der Waals surface area contributed by atoms with E-state index in [1.54, 1.807) is 0 Å². The van der Waals surface area contributed by atoms with E-state index < -0.39 is 0 Å². The van der Waals surface area contributed by atoms with Crippen molar-refractivity contribution < 1.29 is 0 Å². The molecule has 4 nitrogen and oxygen atoms in total. The summed E-state index contributed by atoms with van der Waals surface area (Å²) in [6.45, 7) is 4.15. The minimum Gasteiger partial charge on any atom is -0.353 e. The lowest BCUT2D eigenvalue weighted by Crippen LogP contribution is -2.45. The van der Waals surface area contributed by atoms with Gasteiger partial charge in [0.15, 0.2) is 0 Å². The molecule has 0 aromatic carbocycles. The van der Waals surface area contributed by atoms with E-state index in [1.165, 1.54) is 11.5 Å². The third kappa shape index (κ3) is 4.19. The van der Waals surface area contributed by atoms with Gasteiger partial charge in [-0.25, -0.2) is 10.8 Å². The monoisotopic (exact) mass is 216 g/mol. The van der Waals surface area contributed by atoms with Gasteiger partial charge in [-0.2, -0.15) is 11.8 Å². The molecule has 0 bridgehead atoms. The van der Waals surface area contributed by atoms with Crippen molar-refractivity contribution in [2.75, 3.05) is 11.5 Å². The van der Waals surface area contributed by atoms with Crippen LogP contribution < -0.4 is 16.6 Å². The first-order valence-corrected chi connectivity index (χ1v) is 6.26. The molecule has 0 spiro atoms. The molecule has 4 N–H and O–H groups in total. The van der Waals surface area contributed by atoms with Crippen LogP contribution in [0.2, 0.25) is 0 Å². The Hall–Kier alpha value is -0.420. The van der Waals surface area contributed by atoms with Crippen LogP contribution in [0.15, 0.2) is 4.99 Å². The molecule has 1 fully saturated rings. The molecule has 1 saturated heterocycles. The van der Waals surface area contributed by atoms with E-state index in [1.807, 2.05) is 11.8 Å². The fourth-order valence-corrected chi connectivity index (χ4v) is 2.47. The summed E-state index contributed by atoms with van der Waals surface area (Å²) >= 11 is 2.01. The molecule has 1 aliphatic heterocycles. The van der Waals surface area contributed by atoms with Crippen molar-refractivity contribution in [2.24, 2.45) is 10.8 Å². The van der Waals surface area contributed by atoms with Crippen molar-refractivity contribution in [1.82, 2.24) is 10.7 Å². The Morgan fingerprint density at radius 2 is 2.07 bits per heavy atom. The molecule has 5 heteroatoms. The third-order valence-corrected chi connectivity index (χ3v) is 3.11. The number of rotatable bonds is 2. The van der Waals surface area contributed by atoms with Gasteiger partial charge in [-0.15, -0.1) is 0 Å². The fraction of sp³-hybridized carbons (Fsp3) is 0.889. The van der Waals surface area contributed by atoms with E-state index in [2.05, 4.69) is 29.6 Å². The van der Waals surface area contributed by atoms with Crippen LogP contribution in [0.4, 0.5) is 0 Å². The molecular formula is C9H20N4S. The molecule has 0 atom stereocenters. The molecule has 0 aromatic rings. The predicted molar refractivity (Wildman–Crippen MR) is 63.4 cm³/mol. The minimum atomic E-state index is 0.364. The topological polar surface area (TPSA) is 62.4 Å². The van der Waals surface area contributed by atoms with E-state index in [4.69, 9.17) is 5.84 Å². The molecule has 1 aliphatic rings. The SMILES string of the molecule is CC(C)NC(=NC1CCSCC1)NN. The number of hydrogen-bond acceptors (Lipinski definition) is 3. The molecule has 0 amide bonds. The highest BCUT2D eigenvalue weighted by atomic mass is 32.2. The number of guanidine groups is 1. The largest absolute Gasteiger partial charge is 0.353 e. The number of thioether (sulfide) groups is 1. The van der Waals surface area contributed by atoms with Gasteiger partial charge < -0.3 is 5.32 Å². The highest BCUT2D eigenvalue weighted by Crippen LogP contribution is 2.19. The third-order valence-electron chi connectivity index (χ3n) is 2.06. The van der Waals surface area contributed by atoms with Crippen molar-refractivity contribution in [1.29, 1.82) is 0 Å². The number of nitrogens with two attached hydrogens (primary N) is 1. The number of nitrogens with zero attached hydrogens (tertiary/aromatic N) is 1. The maximum atomic E-state index is 5.39. The van der Waals surface area contributed by atoms with E-state index in [-0.39, 0.29) is 0 Å². The van der Waals surface area contributed by atoms with Crippen molar-refractivity contribution >= 4 is 17.7 Å². The van der Waals surface area contributed by atoms with Gasteiger partial charge in [0.2, 0.25) is 5.96 Å². The Balaban J connectivity index is 2.43. The fourth-order valence-electron chi connectivity index (χ4n) is 1.39. The highest BCUT2D eigenvalue weighted by Gasteiger charge is 2.13. The number of hydrogen-bond donors (Lipinski definition) is 3. The van der Waals surface area contributed by atoms with Crippen LogP contribution in [0.5, 0.6) is 0 Å². The standard InChI is InChI=1S/C9H20N4S/c1-7(2)11-9(13-10)12-8-3-5-14-6-4-8/h7-8H,3-6,10H2,1-2H3,(H2,11,12,13). The summed E-state index contributed by atoms with van der Waals surface area (Å²) in [4.78, 5) is 4.55. The molecular weight excluding hydrogens is 196 g/mol. The summed E-state index contributed by atoms with van der Waals surface area (Å²) in [5, 5.41) is 3.18. The normalized spacial score (nSPS) is 19.9. The Morgan fingerprint density at radius 3 is 2.57 bits per heavy atom. The van der Waals surface area contributed by atoms with Crippen molar-refractivity contribution in [3.05, 3.63) is 0 Å². The van der Waals surface area contributed by atoms with Crippen LogP contribution in [0.3, 0.4) is 0 Å². The highest BCUT2D eigenvalue weighted by molar-refractivity contribution is 7.99. The van der Waals surface area contributed by atoms with Crippen LogP contribution in [0.1, 0.15) is 26.7 Å². The quantitative estimate of drug-likeness (QED) is 0.275. The number of aliphatic imine (C=N–C) groups is 1. The second kappa shape index (κ2) is 6.14. The van der Waals surface area contributed by atoms with Gasteiger partial charge in [0.1, 0.15) is 0 Å². The minimum absolute atomic E-state index is 0.364. The van der Waals surface area contributed by atoms with Crippen LogP contribution in [-0.2, 0) is 0 Å². The molecule has 1 heterocycles. The smallest absolute Gasteiger partial charge is 0.206 e. The van der Waals surface area contributed by atoms with Crippen LogP contribution in [0.25, 0.3) is 0 Å². The molecule has 0 aliphatic carbocycles. The average molecular weight is 216 g/mol. The second-order valence-corrected chi connectivity index (χ2v) is 4.99. The Kier molecular flexibility index (Phi) is 5.11. The van der Waals surface area contributed by atoms with Gasteiger partial charge in [-0.3, -0.25) is 5.43 Å². The summed E-state index contributed by atoms with van der Waals surface area (Å²) < 4.78 is 0. The lowest BCUT2D eigenvalue weighted by molar-refractivity contribution is 0.609. The Bertz CT molecular complexity index is 187. The number of hydrazine groups is 1. The van der Waals surface area contributed by atoms with Crippen molar-refractivity contribution in [3.63, 3.8) is 0 Å². The van der Waals surface area contributed by atoms with E-state index in [0.717, 1.165) is 18.8 Å². The summed E-state index contributed by atoms with van der Waals surface area (Å²) in [5.74, 6) is 8.54. The van der Waals surface area contributed by atoms with Crippen LogP contribution in [-0.4, -0.2) is 29.5 Å². The Labute approximate surface area is 90.1 Å². The van der Waals surface area contributed by atoms with E-state index in [9.17, 15) is 0 Å². The van der Waals surface area contributed by atoms with Gasteiger partial charge in [-0.1, -0.05) is 0 Å². The van der Waals surface area contributed by atoms with Crippen molar-refractivity contribution in [3.8, 4) is 0 Å². The van der Waals surface area contributed by atoms with Crippen LogP contribution in [0, 0.1) is 0 Å². The van der Waals surface area contributed by atoms with E-state index in [0.29, 0.717) is 12.1 Å². The molecule has 82 valence electrons. The van der Waals surface area contributed by atoms with Gasteiger partial charge in [-0.05, 0) is 38.2 Å². The van der Waals surface area contributed by atoms with Crippen LogP contribution >= 0.6 is 11.8 Å². The van der Waals surface area contributed by atoms with Gasteiger partial charge in [0.05, 0.1) is 6.04 Å². The maximum Gasteiger partial charge on any atom is 0.206 e. The molecule has 0 aromatic heterocycles. The number of nitrogens with one attached hydrogen (secondary N) is 2. The first kappa shape index (κ1) is 11.7. The zero-order valence-electron chi connectivity index (χ0n) is 8.92. The van der Waals surface area contributed by atoms with Gasteiger partial charge >= 0.3 is 0 Å². The zero-order chi connectivity index (χ0) is 10.4. The maximum absolute atomic E-state index is 5.39. The summed E-state index contributed by atoms with van der Waals surface area (Å²) in [7, 11) is 0. The molecule has 0 unspecified atom stereocenters. The van der Waals surface area contributed by atoms with Gasteiger partial charge in [0.25, 0.3) is 0 Å². The molecule has 0 saturated carbocycles. The predicted octanol–water partition coefficient (Wildman–Crippen LogP) is 0.699. The van der Waals surface area contributed by atoms with Gasteiger partial charge in [0, 0.05) is 6.04 Å². The summed E-state index contributed by atoms with van der Waals surface area (Å²) in [6.07, 6.45) is 2.32. The zero-order valence-corrected chi connectivity index (χ0v) is 9.73. The summed E-state index contributed by atoms with van der Waals surface area (Å²) in [6, 6.07) is 0.802. The average Bonchev–Trinajstić information content (AvgIpc) is 2.17. The first-order chi connectivity index (χ1) is 6.72. The Morgan fingerprint density at radius 1 is 1.43 bits per heavy atom. The lowest BCUT2D eigenvalue weighted by Gasteiger charge is -2.20. The second-order valence-electron chi connectivity index (χ2n) is 3.76.